The number of benzene rings is 4. The molecule has 29 nitrogen and oxygen atoms in total. The number of nitrogens with zero attached hydrogens (tertiary/aromatic N) is 14. The zero-order valence-electron chi connectivity index (χ0n) is 54.4. The van der Waals surface area contributed by atoms with E-state index in [2.05, 4.69) is 59.6 Å². The van der Waals surface area contributed by atoms with E-state index in [0.717, 1.165) is 41.8 Å². The van der Waals surface area contributed by atoms with Crippen LogP contribution in [0.2, 0.25) is 9.36 Å². The van der Waals surface area contributed by atoms with Crippen LogP contribution in [0.15, 0.2) is 137 Å². The molecule has 11 aromatic rings. The molecule has 4 aromatic carbocycles. The first-order valence-corrected chi connectivity index (χ1v) is 33.9. The van der Waals surface area contributed by atoms with E-state index >= 15 is 0 Å². The molecule has 0 radical (unpaired) electrons. The van der Waals surface area contributed by atoms with E-state index in [1.165, 1.54) is 113 Å². The van der Waals surface area contributed by atoms with Gasteiger partial charge in [-0.15, -0.1) is 17.0 Å². The maximum atomic E-state index is 14.2. The smallest absolute Gasteiger partial charge is 0.571 e. The second-order valence-electron chi connectivity index (χ2n) is 21.6. The summed E-state index contributed by atoms with van der Waals surface area (Å²) in [5.41, 5.74) is 24.5. The summed E-state index contributed by atoms with van der Waals surface area (Å²) in [6, 6.07) is 26.9. The van der Waals surface area contributed by atoms with Gasteiger partial charge >= 0.3 is 47.9 Å². The Kier molecular flexibility index (Phi) is 24.5. The largest absolute Gasteiger partial charge is 1.00 e. The molecule has 0 saturated carbocycles. The molecule has 0 unspecified atom stereocenters. The molecule has 9 N–H and O–H groups in total. The van der Waals surface area contributed by atoms with Gasteiger partial charge in [0.2, 0.25) is 10.0 Å². The number of morpholine rings is 1. The number of fused-ring (bicyclic) bond motifs is 2. The second-order valence-corrected chi connectivity index (χ2v) is 27.5. The van der Waals surface area contributed by atoms with Gasteiger partial charge in [-0.2, -0.15) is 27.7 Å². The summed E-state index contributed by atoms with van der Waals surface area (Å²) in [6.45, 7) is -0.634. The van der Waals surface area contributed by atoms with E-state index < -0.39 is 91.5 Å². The van der Waals surface area contributed by atoms with Crippen LogP contribution in [-0.4, -0.2) is 149 Å². The Morgan fingerprint density at radius 1 is 0.673 bits per heavy atom. The first-order chi connectivity index (χ1) is 48.8. The minimum atomic E-state index is -4.82. The molecule has 7 aromatic heterocycles. The van der Waals surface area contributed by atoms with Crippen molar-refractivity contribution in [1.82, 2.24) is 53.8 Å². The number of sulfonamides is 2. The molecule has 0 spiro atoms. The maximum absolute atomic E-state index is 14.2. The predicted molar refractivity (Wildman–Crippen MR) is 367 cm³/mol. The average molecular weight is 1550 g/mol. The van der Waals surface area contributed by atoms with Gasteiger partial charge in [0.1, 0.15) is 66.8 Å². The number of amides is 3. The standard InChI is InChI=1S/C21H19Cl2N3O6S3.C21H17F5N8O2.C20H18F2N8O2.Na/c22-14-1-6-18(25-34(28,29)20-8-7-19(23)33-20)17(13-14)21(27)24-15-2-4-16(5-3-15)35(30,31)26-9-11-32-12-10-26;1-36-20(35)33(9-21(24,25)26)15-16(27)30-18(31-17(15)28)14-12-6-11(22)7-29-19(12)34(32-14)8-10-4-2-3-5-13(10)23;1-29(20(31)32-2)15-16(23)26-18(27-17(15)24)14-12-7-11(21)8-25-19(12)30(28-14)9-10-5-3-4-6-13(10)22;/h1-8,13H,9-12H2,(H2,24,25,27);2-7H,8-9H2,1H3,(H4,27,28,30,31);3-8H,9H2,1-2H3,(H4,23,24,26,27);/q;;;+1/p-1. The van der Waals surface area contributed by atoms with Gasteiger partial charge in [0.15, 0.2) is 46.2 Å². The number of hydrogen-bond donors (Lipinski definition) is 5. The number of carbonyl (C=O) groups excluding carboxylic acids is 3. The third-order valence-electron chi connectivity index (χ3n) is 14.7. The first-order valence-electron chi connectivity index (χ1n) is 29.5. The van der Waals surface area contributed by atoms with E-state index in [9.17, 15) is 62.0 Å². The van der Waals surface area contributed by atoms with Gasteiger partial charge in [-0.25, -0.2) is 83.3 Å². The number of halogens is 9. The van der Waals surface area contributed by atoms with Crippen LogP contribution < -0.4 is 67.6 Å². The monoisotopic (exact) mass is 1550 g/mol. The number of aromatic nitrogens is 10. The average Bonchev–Trinajstić information content (AvgIpc) is 1.58. The molecule has 0 atom stereocenters. The molecule has 538 valence electrons. The zero-order valence-corrected chi connectivity index (χ0v) is 60.3. The number of hydrogen-bond acceptors (Lipinski definition) is 23. The fraction of sp³-hybridized carbons (Fsp3) is 0.177. The van der Waals surface area contributed by atoms with Crippen molar-refractivity contribution in [2.75, 3.05) is 92.2 Å². The first kappa shape index (κ1) is 78.0. The summed E-state index contributed by atoms with van der Waals surface area (Å²) < 4.78 is 169. The molecule has 3 amide bonds. The number of pyridine rings is 2. The molecule has 0 bridgehead atoms. The molecule has 104 heavy (non-hydrogen) atoms. The van der Waals surface area contributed by atoms with Crippen molar-refractivity contribution in [2.24, 2.45) is 0 Å². The zero-order chi connectivity index (χ0) is 74.4. The Bertz CT molecular complexity index is 5250. The van der Waals surface area contributed by atoms with Gasteiger partial charge in [-0.05, 0) is 72.8 Å². The van der Waals surface area contributed by atoms with Crippen molar-refractivity contribution in [3.05, 3.63) is 182 Å². The van der Waals surface area contributed by atoms with E-state index in [-0.39, 0.29) is 153 Å². The molecule has 42 heteroatoms. The summed E-state index contributed by atoms with van der Waals surface area (Å²) in [5, 5.41) is 11.9. The van der Waals surface area contributed by atoms with Gasteiger partial charge in [0.05, 0.1) is 72.9 Å². The Balaban J connectivity index is 0.000000180. The summed E-state index contributed by atoms with van der Waals surface area (Å²) in [5.74, 6) is -4.62. The van der Waals surface area contributed by atoms with E-state index in [0.29, 0.717) is 30.1 Å². The van der Waals surface area contributed by atoms with E-state index in [4.69, 9.17) is 50.9 Å². The van der Waals surface area contributed by atoms with E-state index in [1.54, 1.807) is 24.3 Å². The van der Waals surface area contributed by atoms with Crippen LogP contribution >= 0.6 is 34.5 Å². The van der Waals surface area contributed by atoms with Crippen molar-refractivity contribution in [2.45, 2.75) is 28.4 Å². The number of nitrogen functional groups attached to an aromatic ring is 4. The predicted octanol–water partition coefficient (Wildman–Crippen LogP) is 7.82. The third-order valence-corrected chi connectivity index (χ3v) is 19.8. The number of alkyl halides is 3. The van der Waals surface area contributed by atoms with Crippen LogP contribution in [0.3, 0.4) is 0 Å². The number of nitrogens with two attached hydrogens (primary N) is 4. The third kappa shape index (κ3) is 17.9. The molecule has 1 saturated heterocycles. The number of anilines is 7. The molecular formula is C62H53Cl2F7N19NaO10S3. The molecular weight excluding hydrogens is 1490 g/mol. The summed E-state index contributed by atoms with van der Waals surface area (Å²) in [7, 11) is -4.31. The van der Waals surface area contributed by atoms with Crippen LogP contribution in [0.1, 0.15) is 21.5 Å². The second kappa shape index (κ2) is 32.7. The van der Waals surface area contributed by atoms with Crippen molar-refractivity contribution in [3.63, 3.8) is 0 Å². The SMILES string of the molecule is COC(=O)N(C)c1c(N)nc(-c2nn(Cc3ccccc3F)c3ncc(F)cc23)nc1N.COC(=O)N(CC(F)(F)F)c1c(N)nc(-c2nn(Cc3ccccc3F)c3ncc(F)cc23)nc1N.O=C(Nc1ccc(S(=O)(=O)N2CCOCC2)cc1)c1cc(Cl)ccc1[N-]S(=O)(=O)c1ccc(Cl)s1.[Na+]. The number of carbonyl (C=O) groups is 3. The Morgan fingerprint density at radius 3 is 1.62 bits per heavy atom. The quantitative estimate of drug-likeness (QED) is 0.0454. The molecule has 0 aliphatic carbocycles. The van der Waals surface area contributed by atoms with Gasteiger partial charge in [0, 0.05) is 47.5 Å². The Labute approximate surface area is 621 Å². The van der Waals surface area contributed by atoms with Crippen molar-refractivity contribution in [3.8, 4) is 23.0 Å². The maximum Gasteiger partial charge on any atom is 1.00 e. The summed E-state index contributed by atoms with van der Waals surface area (Å²) in [6.07, 6.45) is -4.97. The minimum absolute atomic E-state index is 0. The fourth-order valence-electron chi connectivity index (χ4n) is 9.99. The Morgan fingerprint density at radius 2 is 1.16 bits per heavy atom. The van der Waals surface area contributed by atoms with Gasteiger partial charge in [-0.3, -0.25) is 14.6 Å². The van der Waals surface area contributed by atoms with Gasteiger partial charge in [-0.1, -0.05) is 65.7 Å². The van der Waals surface area contributed by atoms with Crippen molar-refractivity contribution >= 4 is 141 Å². The van der Waals surface area contributed by atoms with Crippen LogP contribution in [-0.2, 0) is 47.3 Å². The number of ether oxygens (including phenoxy) is 3. The molecule has 1 fully saturated rings. The minimum Gasteiger partial charge on any atom is -0.571 e. The van der Waals surface area contributed by atoms with Crippen LogP contribution in [0.5, 0.6) is 0 Å². The van der Waals surface area contributed by atoms with Crippen molar-refractivity contribution in [1.29, 1.82) is 0 Å². The van der Waals surface area contributed by atoms with Gasteiger partial charge < -0.3 is 47.2 Å². The van der Waals surface area contributed by atoms with Gasteiger partial charge in [0.25, 0.3) is 5.91 Å². The molecule has 12 rings (SSSR count). The number of nitrogens with one attached hydrogen (secondary N) is 1. The number of rotatable bonds is 16. The topological polar surface area (TPSA) is 400 Å². The fourth-order valence-corrected chi connectivity index (χ4v) is 14.0. The normalized spacial score (nSPS) is 12.5. The van der Waals surface area contributed by atoms with Crippen LogP contribution in [0, 0.1) is 23.3 Å². The van der Waals surface area contributed by atoms with Crippen molar-refractivity contribution < 1.29 is 106 Å². The number of thiophene rings is 1. The molecule has 1 aliphatic rings. The Hall–Kier alpha value is -10.1. The number of methoxy groups -OCH3 is 2. The summed E-state index contributed by atoms with van der Waals surface area (Å²) >= 11 is 12.7. The molecule has 1 aliphatic heterocycles. The van der Waals surface area contributed by atoms with Crippen LogP contribution in [0.4, 0.5) is 86.3 Å². The van der Waals surface area contributed by atoms with Crippen LogP contribution in [0.25, 0.3) is 49.8 Å². The van der Waals surface area contributed by atoms with E-state index in [1.807, 2.05) is 0 Å². The molecule has 8 heterocycles. The summed E-state index contributed by atoms with van der Waals surface area (Å²) in [4.78, 5) is 62.5.